The molecular formula is C24H20ClF2N3O4. The summed E-state index contributed by atoms with van der Waals surface area (Å²) in [5.74, 6) is 7.94. The standard InChI is InChI=1S/C24H20ClF2N3O4/c1-15(31)29-24(2,23(26)27)20(22(33)30-34)28-21(32)18-11-7-16(8-12-18)5-3-4-6-17-9-13-19(25)14-10-17/h7-14,20,23,34H,1-2H3,(H,28,32)(H,29,31)(H,30,33)/t20-,24?/m1/s1. The number of carbonyl (C=O) groups excluding carboxylic acids is 3. The highest BCUT2D eigenvalue weighted by Crippen LogP contribution is 2.21. The molecule has 0 radical (unpaired) electrons. The molecule has 0 fully saturated rings. The number of benzene rings is 2. The van der Waals surface area contributed by atoms with Crippen molar-refractivity contribution < 1.29 is 28.4 Å². The van der Waals surface area contributed by atoms with Crippen LogP contribution in [0.3, 0.4) is 0 Å². The van der Waals surface area contributed by atoms with Crippen LogP contribution >= 0.6 is 11.6 Å². The van der Waals surface area contributed by atoms with Crippen molar-refractivity contribution >= 4 is 29.3 Å². The third kappa shape index (κ3) is 7.04. The number of nitrogens with one attached hydrogen (secondary N) is 3. The Kier molecular flexibility index (Phi) is 9.14. The van der Waals surface area contributed by atoms with Gasteiger partial charge in [0, 0.05) is 28.6 Å². The maximum atomic E-state index is 13.7. The van der Waals surface area contributed by atoms with Crippen molar-refractivity contribution in [3.05, 3.63) is 70.2 Å². The maximum absolute atomic E-state index is 13.7. The van der Waals surface area contributed by atoms with E-state index in [2.05, 4.69) is 29.0 Å². The maximum Gasteiger partial charge on any atom is 0.268 e. The fourth-order valence-electron chi connectivity index (χ4n) is 2.84. The van der Waals surface area contributed by atoms with Gasteiger partial charge in [0.2, 0.25) is 5.91 Å². The molecule has 2 atom stereocenters. The zero-order valence-corrected chi connectivity index (χ0v) is 18.8. The molecule has 10 heteroatoms. The average Bonchev–Trinajstić information content (AvgIpc) is 2.80. The number of carbonyl (C=O) groups is 3. The van der Waals surface area contributed by atoms with Crippen LogP contribution in [-0.2, 0) is 9.59 Å². The van der Waals surface area contributed by atoms with Crippen molar-refractivity contribution in [2.75, 3.05) is 0 Å². The highest BCUT2D eigenvalue weighted by molar-refractivity contribution is 6.30. The Morgan fingerprint density at radius 1 is 0.971 bits per heavy atom. The minimum atomic E-state index is -3.24. The number of rotatable bonds is 6. The number of hydroxylamine groups is 1. The molecule has 176 valence electrons. The van der Waals surface area contributed by atoms with Gasteiger partial charge >= 0.3 is 0 Å². The molecule has 0 spiro atoms. The molecular weight excluding hydrogens is 468 g/mol. The van der Waals surface area contributed by atoms with E-state index in [1.54, 1.807) is 24.3 Å². The fraction of sp³-hybridized carbons (Fsp3) is 0.208. The zero-order valence-electron chi connectivity index (χ0n) is 18.1. The summed E-state index contributed by atoms with van der Waals surface area (Å²) in [5.41, 5.74) is 0.0516. The van der Waals surface area contributed by atoms with Crippen molar-refractivity contribution in [3.8, 4) is 23.7 Å². The van der Waals surface area contributed by atoms with E-state index >= 15 is 0 Å². The highest BCUT2D eigenvalue weighted by Gasteiger charge is 2.48. The Hall–Kier alpha value is -3.92. The number of alkyl halides is 2. The summed E-state index contributed by atoms with van der Waals surface area (Å²) < 4.78 is 27.4. The summed E-state index contributed by atoms with van der Waals surface area (Å²) in [5, 5.41) is 13.6. The minimum Gasteiger partial charge on any atom is -0.343 e. The minimum absolute atomic E-state index is 0.0352. The lowest BCUT2D eigenvalue weighted by molar-refractivity contribution is -0.137. The van der Waals surface area contributed by atoms with Crippen LogP contribution in [0.5, 0.6) is 0 Å². The monoisotopic (exact) mass is 487 g/mol. The van der Waals surface area contributed by atoms with Gasteiger partial charge in [-0.25, -0.2) is 14.3 Å². The third-order valence-electron chi connectivity index (χ3n) is 4.61. The van der Waals surface area contributed by atoms with Crippen LogP contribution in [0.15, 0.2) is 48.5 Å². The lowest BCUT2D eigenvalue weighted by Crippen LogP contribution is -2.68. The topological polar surface area (TPSA) is 108 Å². The van der Waals surface area contributed by atoms with Gasteiger partial charge in [-0.3, -0.25) is 19.6 Å². The van der Waals surface area contributed by atoms with Crippen LogP contribution in [0.1, 0.15) is 35.3 Å². The van der Waals surface area contributed by atoms with E-state index in [1.165, 1.54) is 29.7 Å². The smallest absolute Gasteiger partial charge is 0.268 e. The van der Waals surface area contributed by atoms with Crippen LogP contribution in [0.4, 0.5) is 8.78 Å². The molecule has 0 saturated heterocycles. The van der Waals surface area contributed by atoms with Gasteiger partial charge in [-0.05, 0) is 67.3 Å². The molecule has 3 amide bonds. The molecule has 0 aromatic heterocycles. The Morgan fingerprint density at radius 3 is 1.91 bits per heavy atom. The van der Waals surface area contributed by atoms with Crippen LogP contribution in [0, 0.1) is 23.7 Å². The van der Waals surface area contributed by atoms with Crippen molar-refractivity contribution in [1.29, 1.82) is 0 Å². The molecule has 0 heterocycles. The molecule has 34 heavy (non-hydrogen) atoms. The first-order valence-electron chi connectivity index (χ1n) is 9.76. The summed E-state index contributed by atoms with van der Waals surface area (Å²) in [6.45, 7) is 1.86. The fourth-order valence-corrected chi connectivity index (χ4v) is 2.97. The van der Waals surface area contributed by atoms with Gasteiger partial charge < -0.3 is 10.6 Å². The van der Waals surface area contributed by atoms with Crippen LogP contribution in [0.2, 0.25) is 5.02 Å². The van der Waals surface area contributed by atoms with E-state index in [0.717, 1.165) is 19.4 Å². The number of hydrogen-bond acceptors (Lipinski definition) is 4. The molecule has 2 aromatic carbocycles. The van der Waals surface area contributed by atoms with Crippen molar-refractivity contribution in [2.45, 2.75) is 31.9 Å². The summed E-state index contributed by atoms with van der Waals surface area (Å²) in [6, 6.07) is 10.7. The summed E-state index contributed by atoms with van der Waals surface area (Å²) in [7, 11) is 0. The van der Waals surface area contributed by atoms with E-state index < -0.39 is 35.7 Å². The predicted octanol–water partition coefficient (Wildman–Crippen LogP) is 2.51. The summed E-state index contributed by atoms with van der Waals surface area (Å²) in [4.78, 5) is 36.0. The second-order valence-corrected chi connectivity index (χ2v) is 7.67. The van der Waals surface area contributed by atoms with Crippen molar-refractivity contribution in [2.24, 2.45) is 0 Å². The lowest BCUT2D eigenvalue weighted by Gasteiger charge is -2.36. The molecule has 0 bridgehead atoms. The Bertz CT molecular complexity index is 1180. The van der Waals surface area contributed by atoms with Gasteiger partial charge in [-0.1, -0.05) is 23.4 Å². The van der Waals surface area contributed by atoms with Gasteiger partial charge in [0.25, 0.3) is 18.2 Å². The summed E-state index contributed by atoms with van der Waals surface area (Å²) >= 11 is 5.81. The molecule has 7 nitrogen and oxygen atoms in total. The van der Waals surface area contributed by atoms with Gasteiger partial charge in [0.05, 0.1) is 0 Å². The Balaban J connectivity index is 2.17. The van der Waals surface area contributed by atoms with Gasteiger partial charge in [-0.2, -0.15) is 0 Å². The molecule has 1 unspecified atom stereocenters. The van der Waals surface area contributed by atoms with Crippen molar-refractivity contribution in [1.82, 2.24) is 16.1 Å². The first kappa shape index (κ1) is 26.3. The third-order valence-corrected chi connectivity index (χ3v) is 4.87. The van der Waals surface area contributed by atoms with Crippen LogP contribution < -0.4 is 16.1 Å². The van der Waals surface area contributed by atoms with E-state index in [4.69, 9.17) is 16.8 Å². The van der Waals surface area contributed by atoms with Crippen LogP contribution in [-0.4, -0.2) is 40.9 Å². The van der Waals surface area contributed by atoms with Gasteiger partial charge in [0.1, 0.15) is 11.6 Å². The Labute approximate surface area is 199 Å². The highest BCUT2D eigenvalue weighted by atomic mass is 35.5. The second kappa shape index (κ2) is 11.8. The quantitative estimate of drug-likeness (QED) is 0.285. The van der Waals surface area contributed by atoms with Crippen molar-refractivity contribution in [3.63, 3.8) is 0 Å². The molecule has 0 saturated carbocycles. The molecule has 2 aromatic rings. The SMILES string of the molecule is CC(=O)NC(C)(C(F)F)[C@H](NC(=O)c1ccc(C#CC#Cc2ccc(Cl)cc2)cc1)C(=O)NO. The average molecular weight is 488 g/mol. The van der Waals surface area contributed by atoms with Crippen LogP contribution in [0.25, 0.3) is 0 Å². The Morgan fingerprint density at radius 2 is 1.47 bits per heavy atom. The molecule has 0 aliphatic heterocycles. The number of amides is 3. The second-order valence-electron chi connectivity index (χ2n) is 7.23. The van der Waals surface area contributed by atoms with Gasteiger partial charge in [0.15, 0.2) is 0 Å². The largest absolute Gasteiger partial charge is 0.343 e. The normalized spacial score (nSPS) is 12.7. The predicted molar refractivity (Wildman–Crippen MR) is 121 cm³/mol. The zero-order chi connectivity index (χ0) is 25.3. The number of hydrogen-bond donors (Lipinski definition) is 4. The van der Waals surface area contributed by atoms with E-state index in [9.17, 15) is 23.2 Å². The number of halogens is 3. The summed E-state index contributed by atoms with van der Waals surface area (Å²) in [6.07, 6.45) is -3.24. The lowest BCUT2D eigenvalue weighted by atomic mass is 9.91. The molecule has 0 aliphatic rings. The van der Waals surface area contributed by atoms with E-state index in [0.29, 0.717) is 10.6 Å². The van der Waals surface area contributed by atoms with E-state index in [-0.39, 0.29) is 5.56 Å². The van der Waals surface area contributed by atoms with Gasteiger partial charge in [-0.15, -0.1) is 0 Å². The molecule has 4 N–H and O–H groups in total. The van der Waals surface area contributed by atoms with E-state index in [1.807, 2.05) is 5.32 Å². The molecule has 2 rings (SSSR count). The first-order chi connectivity index (χ1) is 16.1. The first-order valence-corrected chi connectivity index (χ1v) is 10.1. The molecule has 0 aliphatic carbocycles.